The fourth-order valence-corrected chi connectivity index (χ4v) is 3.94. The monoisotopic (exact) mass is 424 g/mol. The van der Waals surface area contributed by atoms with Gasteiger partial charge in [-0.3, -0.25) is 9.69 Å². The van der Waals surface area contributed by atoms with E-state index >= 15 is 0 Å². The molecule has 4 rings (SSSR count). The van der Waals surface area contributed by atoms with Crippen LogP contribution in [0.2, 0.25) is 0 Å². The Morgan fingerprint density at radius 1 is 1.23 bits per heavy atom. The number of benzene rings is 1. The Morgan fingerprint density at radius 3 is 2.47 bits per heavy atom. The molecule has 3 heterocycles. The zero-order valence-electron chi connectivity index (χ0n) is 16.5. The molecule has 2 aliphatic rings. The number of aromatic nitrogens is 2. The molecule has 7 nitrogen and oxygen atoms in total. The molecule has 162 valence electrons. The van der Waals surface area contributed by atoms with Crippen LogP contribution in [0.4, 0.5) is 18.9 Å². The number of aryl methyl sites for hydroxylation is 1. The Labute approximate surface area is 171 Å². The Morgan fingerprint density at radius 2 is 1.90 bits per heavy atom. The van der Waals surface area contributed by atoms with Gasteiger partial charge in [0.15, 0.2) is 0 Å². The maximum absolute atomic E-state index is 12.5. The van der Waals surface area contributed by atoms with Crippen molar-refractivity contribution >= 4 is 17.6 Å². The lowest BCUT2D eigenvalue weighted by molar-refractivity contribution is -0.192. The van der Waals surface area contributed by atoms with Crippen LogP contribution in [0.5, 0.6) is 0 Å². The average Bonchev–Trinajstić information content (AvgIpc) is 3.36. The van der Waals surface area contributed by atoms with E-state index in [1.807, 2.05) is 54.8 Å². The zero-order chi connectivity index (χ0) is 21.9. The second-order valence-electron chi connectivity index (χ2n) is 7.75. The first kappa shape index (κ1) is 21.8. The van der Waals surface area contributed by atoms with E-state index in [1.54, 1.807) is 0 Å². The average molecular weight is 424 g/mol. The molecule has 0 saturated carbocycles. The first-order valence-electron chi connectivity index (χ1n) is 9.43. The molecule has 1 spiro atoms. The number of nitrogens with zero attached hydrogens (tertiary/aromatic N) is 4. The van der Waals surface area contributed by atoms with Crippen molar-refractivity contribution in [1.82, 2.24) is 14.5 Å². The fraction of sp³-hybridized carbons (Fsp3) is 0.450. The number of carbonyl (C=O) groups is 2. The summed E-state index contributed by atoms with van der Waals surface area (Å²) >= 11 is 0. The summed E-state index contributed by atoms with van der Waals surface area (Å²) in [6, 6.07) is 10.0. The topological polar surface area (TPSA) is 78.7 Å². The van der Waals surface area contributed by atoms with Crippen molar-refractivity contribution in [2.24, 2.45) is 12.5 Å². The van der Waals surface area contributed by atoms with Crippen LogP contribution in [0.3, 0.4) is 0 Å². The molecule has 2 aromatic rings. The summed E-state index contributed by atoms with van der Waals surface area (Å²) in [5, 5.41) is 7.12. The number of halogens is 3. The predicted molar refractivity (Wildman–Crippen MR) is 103 cm³/mol. The molecule has 1 amide bonds. The lowest BCUT2D eigenvalue weighted by Crippen LogP contribution is -2.31. The maximum atomic E-state index is 12.5. The van der Waals surface area contributed by atoms with Gasteiger partial charge in [0.1, 0.15) is 0 Å². The third kappa shape index (κ3) is 4.99. The maximum Gasteiger partial charge on any atom is 0.490 e. The number of imidazole rings is 1. The van der Waals surface area contributed by atoms with E-state index in [0.717, 1.165) is 38.3 Å². The van der Waals surface area contributed by atoms with Crippen LogP contribution in [0, 0.1) is 5.41 Å². The van der Waals surface area contributed by atoms with E-state index in [4.69, 9.17) is 9.90 Å². The summed E-state index contributed by atoms with van der Waals surface area (Å²) in [5.41, 5.74) is 2.37. The summed E-state index contributed by atoms with van der Waals surface area (Å²) in [5.74, 6) is -2.49. The molecule has 2 fully saturated rings. The van der Waals surface area contributed by atoms with Gasteiger partial charge < -0.3 is 14.6 Å². The molecule has 1 N–H and O–H groups in total. The van der Waals surface area contributed by atoms with E-state index in [9.17, 15) is 18.0 Å². The number of aliphatic carboxylic acids is 1. The number of likely N-dealkylation sites (tertiary alicyclic amines) is 1. The van der Waals surface area contributed by atoms with Crippen LogP contribution in [-0.4, -0.2) is 57.2 Å². The molecule has 1 aromatic heterocycles. The van der Waals surface area contributed by atoms with Crippen LogP contribution in [0.1, 0.15) is 18.5 Å². The number of hydrogen-bond acceptors (Lipinski definition) is 4. The highest BCUT2D eigenvalue weighted by Crippen LogP contribution is 2.42. The van der Waals surface area contributed by atoms with Crippen molar-refractivity contribution in [3.63, 3.8) is 0 Å². The highest BCUT2D eigenvalue weighted by atomic mass is 19.4. The van der Waals surface area contributed by atoms with Crippen molar-refractivity contribution in [2.45, 2.75) is 25.6 Å². The SMILES string of the molecule is Cn1cncc1CN1CCC2(CC(=O)N(c3ccccc3)C2)C1.O=C(O)C(F)(F)F. The van der Waals surface area contributed by atoms with Crippen molar-refractivity contribution in [1.29, 1.82) is 0 Å². The summed E-state index contributed by atoms with van der Waals surface area (Å²) < 4.78 is 33.8. The molecule has 0 aliphatic carbocycles. The Hall–Kier alpha value is -2.88. The van der Waals surface area contributed by atoms with Gasteiger partial charge in [-0.1, -0.05) is 18.2 Å². The fourth-order valence-electron chi connectivity index (χ4n) is 3.94. The quantitative estimate of drug-likeness (QED) is 0.820. The minimum atomic E-state index is -5.08. The van der Waals surface area contributed by atoms with Gasteiger partial charge in [-0.2, -0.15) is 13.2 Å². The normalized spacial score (nSPS) is 21.7. The van der Waals surface area contributed by atoms with Crippen LogP contribution in [0.15, 0.2) is 42.9 Å². The van der Waals surface area contributed by atoms with E-state index < -0.39 is 12.1 Å². The minimum Gasteiger partial charge on any atom is -0.475 e. The van der Waals surface area contributed by atoms with Gasteiger partial charge in [-0.15, -0.1) is 0 Å². The van der Waals surface area contributed by atoms with E-state index in [-0.39, 0.29) is 11.3 Å². The third-order valence-electron chi connectivity index (χ3n) is 5.45. The number of anilines is 1. The van der Waals surface area contributed by atoms with Crippen LogP contribution in [-0.2, 0) is 23.2 Å². The largest absolute Gasteiger partial charge is 0.490 e. The van der Waals surface area contributed by atoms with Crippen molar-refractivity contribution < 1.29 is 27.9 Å². The van der Waals surface area contributed by atoms with Gasteiger partial charge >= 0.3 is 12.1 Å². The van der Waals surface area contributed by atoms with Crippen LogP contribution >= 0.6 is 0 Å². The highest BCUT2D eigenvalue weighted by molar-refractivity contribution is 5.96. The Bertz CT molecular complexity index is 900. The first-order valence-corrected chi connectivity index (χ1v) is 9.43. The van der Waals surface area contributed by atoms with Crippen molar-refractivity contribution in [3.8, 4) is 0 Å². The summed E-state index contributed by atoms with van der Waals surface area (Å²) in [4.78, 5) is 30.0. The van der Waals surface area contributed by atoms with E-state index in [0.29, 0.717) is 6.42 Å². The molecule has 0 bridgehead atoms. The first-order chi connectivity index (χ1) is 14.1. The van der Waals surface area contributed by atoms with Crippen molar-refractivity contribution in [3.05, 3.63) is 48.5 Å². The van der Waals surface area contributed by atoms with Gasteiger partial charge in [-0.25, -0.2) is 9.78 Å². The molecule has 1 atom stereocenters. The van der Waals surface area contributed by atoms with Gasteiger partial charge in [0.05, 0.1) is 12.0 Å². The smallest absolute Gasteiger partial charge is 0.475 e. The number of hydrogen-bond donors (Lipinski definition) is 1. The molecule has 1 aromatic carbocycles. The molecule has 10 heteroatoms. The number of para-hydroxylation sites is 1. The van der Waals surface area contributed by atoms with Gasteiger partial charge in [0.2, 0.25) is 5.91 Å². The summed E-state index contributed by atoms with van der Waals surface area (Å²) in [6.45, 7) is 3.81. The van der Waals surface area contributed by atoms with Gasteiger partial charge in [0, 0.05) is 50.4 Å². The number of rotatable bonds is 3. The van der Waals surface area contributed by atoms with Crippen LogP contribution < -0.4 is 4.90 Å². The van der Waals surface area contributed by atoms with Gasteiger partial charge in [-0.05, 0) is 25.1 Å². The molecule has 30 heavy (non-hydrogen) atoms. The summed E-state index contributed by atoms with van der Waals surface area (Å²) in [6.07, 6.45) is 0.460. The Kier molecular flexibility index (Phi) is 6.16. The van der Waals surface area contributed by atoms with Crippen LogP contribution in [0.25, 0.3) is 0 Å². The molecule has 0 radical (unpaired) electrons. The molecule has 2 aliphatic heterocycles. The standard InChI is InChI=1S/C18H22N4O.C2HF3O2/c1-20-14-19-10-16(20)11-21-8-7-18(12-21)9-17(23)22(13-18)15-5-3-2-4-6-15;3-2(4,5)1(6)7/h2-6,10,14H,7-9,11-13H2,1H3;(H,6,7). The number of carboxylic acid groups (broad SMARTS) is 1. The molecule has 1 unspecified atom stereocenters. The lowest BCUT2D eigenvalue weighted by Gasteiger charge is -2.24. The molecular formula is C20H23F3N4O3. The van der Waals surface area contributed by atoms with E-state index in [2.05, 4.69) is 14.5 Å². The second kappa shape index (κ2) is 8.47. The Balaban J connectivity index is 0.000000318. The molecule has 2 saturated heterocycles. The second-order valence-corrected chi connectivity index (χ2v) is 7.75. The molecular weight excluding hydrogens is 401 g/mol. The van der Waals surface area contributed by atoms with Crippen molar-refractivity contribution in [2.75, 3.05) is 24.5 Å². The number of alkyl halides is 3. The highest BCUT2D eigenvalue weighted by Gasteiger charge is 2.47. The van der Waals surface area contributed by atoms with E-state index in [1.165, 1.54) is 5.69 Å². The number of amides is 1. The third-order valence-corrected chi connectivity index (χ3v) is 5.45. The predicted octanol–water partition coefficient (Wildman–Crippen LogP) is 2.68. The lowest BCUT2D eigenvalue weighted by atomic mass is 9.86. The number of carboxylic acids is 1. The minimum absolute atomic E-state index is 0.117. The summed E-state index contributed by atoms with van der Waals surface area (Å²) in [7, 11) is 2.03. The zero-order valence-corrected chi connectivity index (χ0v) is 16.5. The van der Waals surface area contributed by atoms with Gasteiger partial charge in [0.25, 0.3) is 0 Å². The number of carbonyl (C=O) groups excluding carboxylic acids is 1.